The van der Waals surface area contributed by atoms with Gasteiger partial charge >= 0.3 is 0 Å². The Morgan fingerprint density at radius 3 is 2.59 bits per heavy atom. The summed E-state index contributed by atoms with van der Waals surface area (Å²) in [5.41, 5.74) is 3.19. The third-order valence-corrected chi connectivity index (χ3v) is 5.29. The molecule has 0 aliphatic heterocycles. The van der Waals surface area contributed by atoms with E-state index in [1.165, 1.54) is 24.3 Å². The molecule has 0 fully saturated rings. The van der Waals surface area contributed by atoms with Gasteiger partial charge in [0, 0.05) is 36.6 Å². The molecule has 0 unspecified atom stereocenters. The first-order valence-electron chi connectivity index (χ1n) is 10.8. The Hall–Kier alpha value is -4.45. The minimum Gasteiger partial charge on any atom is -0.507 e. The van der Waals surface area contributed by atoms with Crippen LogP contribution in [-0.4, -0.2) is 26.2 Å². The first kappa shape index (κ1) is 22.7. The first-order valence-corrected chi connectivity index (χ1v) is 10.8. The fourth-order valence-electron chi connectivity index (χ4n) is 3.44. The zero-order chi connectivity index (χ0) is 23.9. The molecule has 0 saturated heterocycles. The number of aromatic nitrogens is 2. The monoisotopic (exact) mass is 452 g/mol. The van der Waals surface area contributed by atoms with Gasteiger partial charge in [-0.2, -0.15) is 0 Å². The van der Waals surface area contributed by atoms with Crippen LogP contribution in [-0.2, 0) is 23.2 Å². The molecule has 2 heterocycles. The van der Waals surface area contributed by atoms with Crippen LogP contribution in [0.15, 0.2) is 85.2 Å². The summed E-state index contributed by atoms with van der Waals surface area (Å²) < 4.78 is 7.64. The Bertz CT molecular complexity index is 1380. The van der Waals surface area contributed by atoms with Crippen LogP contribution in [0, 0.1) is 0 Å². The van der Waals surface area contributed by atoms with E-state index in [4.69, 9.17) is 4.74 Å². The lowest BCUT2D eigenvalue weighted by Crippen LogP contribution is -2.02. The maximum atomic E-state index is 12.2. The summed E-state index contributed by atoms with van der Waals surface area (Å²) in [7, 11) is 1.96. The molecule has 34 heavy (non-hydrogen) atoms. The topological polar surface area (TPSA) is 81.4 Å². The quantitative estimate of drug-likeness (QED) is 0.282. The van der Waals surface area contributed by atoms with Gasteiger partial charge in [-0.15, -0.1) is 0 Å². The summed E-state index contributed by atoms with van der Waals surface area (Å²) in [6.07, 6.45) is 9.33. The van der Waals surface area contributed by atoms with Gasteiger partial charge in [-0.25, -0.2) is 0 Å². The van der Waals surface area contributed by atoms with E-state index in [0.717, 1.165) is 22.2 Å². The molecule has 0 atom stereocenters. The first-order chi connectivity index (χ1) is 16.5. The number of ether oxygens (including phenoxy) is 1. The Kier molecular flexibility index (Phi) is 6.98. The molecule has 0 saturated carbocycles. The second kappa shape index (κ2) is 10.4. The zero-order valence-corrected chi connectivity index (χ0v) is 18.7. The number of phenolic OH excluding ortho intramolecular Hbond substituents is 1. The molecule has 0 aliphatic carbocycles. The van der Waals surface area contributed by atoms with Crippen LogP contribution in [0.4, 0.5) is 0 Å². The number of hydrogen-bond donors (Lipinski definition) is 1. The van der Waals surface area contributed by atoms with E-state index in [-0.39, 0.29) is 30.3 Å². The fraction of sp³-hybridized carbons (Fsp3) is 0.107. The number of carbonyl (C=O) groups excluding carboxylic acids is 2. The number of phenols is 1. The lowest BCUT2D eigenvalue weighted by molar-refractivity contribution is -0.121. The average Bonchev–Trinajstić information content (AvgIpc) is 3.21. The number of aryl methyl sites for hydroxylation is 1. The predicted molar refractivity (Wildman–Crippen MR) is 132 cm³/mol. The van der Waals surface area contributed by atoms with Crippen molar-refractivity contribution in [3.63, 3.8) is 0 Å². The van der Waals surface area contributed by atoms with Crippen LogP contribution in [0.1, 0.15) is 23.2 Å². The molecule has 0 spiro atoms. The number of allylic oxidation sites excluding steroid dienone is 2. The number of ketones is 2. The van der Waals surface area contributed by atoms with Crippen molar-refractivity contribution < 1.29 is 19.4 Å². The van der Waals surface area contributed by atoms with Crippen molar-refractivity contribution in [2.24, 2.45) is 7.05 Å². The van der Waals surface area contributed by atoms with Crippen molar-refractivity contribution in [1.82, 2.24) is 9.55 Å². The molecule has 0 amide bonds. The molecule has 170 valence electrons. The summed E-state index contributed by atoms with van der Waals surface area (Å²) in [6, 6.07) is 18.3. The second-order valence-electron chi connectivity index (χ2n) is 7.85. The predicted octanol–water partition coefficient (Wildman–Crippen LogP) is 5.11. The van der Waals surface area contributed by atoms with Gasteiger partial charge in [0.2, 0.25) is 0 Å². The molecule has 0 aliphatic rings. The van der Waals surface area contributed by atoms with Crippen molar-refractivity contribution in [1.29, 1.82) is 0 Å². The number of fused-ring (bicyclic) bond motifs is 1. The molecule has 0 radical (unpaired) electrons. The molecule has 0 bridgehead atoms. The molecule has 2 aromatic carbocycles. The highest BCUT2D eigenvalue weighted by atomic mass is 16.5. The third kappa shape index (κ3) is 5.86. The summed E-state index contributed by atoms with van der Waals surface area (Å²) in [5, 5.41) is 11.4. The van der Waals surface area contributed by atoms with Gasteiger partial charge in [-0.3, -0.25) is 14.6 Å². The van der Waals surface area contributed by atoms with E-state index >= 15 is 0 Å². The minimum atomic E-state index is -0.345. The number of nitrogens with zero attached hydrogens (tertiary/aromatic N) is 2. The highest BCUT2D eigenvalue weighted by molar-refractivity contribution is 6.11. The van der Waals surface area contributed by atoms with E-state index < -0.39 is 0 Å². The van der Waals surface area contributed by atoms with Gasteiger partial charge in [-0.1, -0.05) is 24.3 Å². The maximum absolute atomic E-state index is 12.2. The number of benzene rings is 2. The number of hydrogen-bond acceptors (Lipinski definition) is 5. The van der Waals surface area contributed by atoms with E-state index in [1.807, 2.05) is 60.3 Å². The lowest BCUT2D eigenvalue weighted by Gasteiger charge is -2.07. The summed E-state index contributed by atoms with van der Waals surface area (Å²) in [5.74, 6) is -0.170. The van der Waals surface area contributed by atoms with Crippen LogP contribution in [0.25, 0.3) is 23.1 Å². The van der Waals surface area contributed by atoms with E-state index in [2.05, 4.69) is 4.98 Å². The molecule has 6 heteroatoms. The van der Waals surface area contributed by atoms with Crippen LogP contribution >= 0.6 is 0 Å². The van der Waals surface area contributed by atoms with Gasteiger partial charge in [0.05, 0.1) is 12.1 Å². The van der Waals surface area contributed by atoms with Gasteiger partial charge in [0.15, 0.2) is 11.6 Å². The van der Waals surface area contributed by atoms with Crippen LogP contribution in [0.3, 0.4) is 0 Å². The van der Waals surface area contributed by atoms with E-state index in [9.17, 15) is 14.7 Å². The molecule has 6 nitrogen and oxygen atoms in total. The van der Waals surface area contributed by atoms with Crippen molar-refractivity contribution in [3.05, 3.63) is 102 Å². The zero-order valence-electron chi connectivity index (χ0n) is 18.7. The van der Waals surface area contributed by atoms with Gasteiger partial charge in [-0.05, 0) is 65.6 Å². The second-order valence-corrected chi connectivity index (χ2v) is 7.85. The molecular weight excluding hydrogens is 428 g/mol. The van der Waals surface area contributed by atoms with Crippen molar-refractivity contribution >= 4 is 34.6 Å². The van der Waals surface area contributed by atoms with Gasteiger partial charge in [0.25, 0.3) is 0 Å². The highest BCUT2D eigenvalue weighted by Crippen LogP contribution is 2.25. The Morgan fingerprint density at radius 1 is 1.00 bits per heavy atom. The minimum absolute atomic E-state index is 0.0233. The van der Waals surface area contributed by atoms with Crippen molar-refractivity contribution in [2.45, 2.75) is 13.0 Å². The summed E-state index contributed by atoms with van der Waals surface area (Å²) in [4.78, 5) is 28.6. The third-order valence-electron chi connectivity index (χ3n) is 5.29. The Morgan fingerprint density at radius 2 is 1.82 bits per heavy atom. The molecule has 4 rings (SSSR count). The highest BCUT2D eigenvalue weighted by Gasteiger charge is 2.06. The van der Waals surface area contributed by atoms with Gasteiger partial charge < -0.3 is 14.4 Å². The average molecular weight is 453 g/mol. The fourth-order valence-corrected chi connectivity index (χ4v) is 3.44. The molecule has 2 aromatic heterocycles. The number of pyridine rings is 1. The number of aromatic hydroxyl groups is 1. The SMILES string of the molecule is Cn1ccc2ccc(C=CC(=O)CC(=O)C=Cc3ccc(OCc4ccccn4)cc3O)cc21. The lowest BCUT2D eigenvalue weighted by atomic mass is 10.1. The molecule has 1 N–H and O–H groups in total. The molecular formula is C28H24N2O4. The summed E-state index contributed by atoms with van der Waals surface area (Å²) >= 11 is 0. The number of carbonyl (C=O) groups is 2. The van der Waals surface area contributed by atoms with Crippen LogP contribution < -0.4 is 4.74 Å². The smallest absolute Gasteiger partial charge is 0.163 e. The van der Waals surface area contributed by atoms with Crippen molar-refractivity contribution in [2.75, 3.05) is 0 Å². The van der Waals surface area contributed by atoms with E-state index in [0.29, 0.717) is 11.3 Å². The standard InChI is InChI=1S/C28H24N2O4/c1-30-15-13-21-7-5-20(16-27(21)30)6-10-24(31)17-25(32)11-8-22-9-12-26(18-28(22)33)34-19-23-4-2-3-14-29-23/h2-16,18,33H,17,19H2,1H3. The van der Waals surface area contributed by atoms with E-state index in [1.54, 1.807) is 24.4 Å². The summed E-state index contributed by atoms with van der Waals surface area (Å²) in [6.45, 7) is 0.280. The van der Waals surface area contributed by atoms with Gasteiger partial charge in [0.1, 0.15) is 18.1 Å². The van der Waals surface area contributed by atoms with Crippen molar-refractivity contribution in [3.8, 4) is 11.5 Å². The van der Waals surface area contributed by atoms with Crippen LogP contribution in [0.2, 0.25) is 0 Å². The van der Waals surface area contributed by atoms with Crippen LogP contribution in [0.5, 0.6) is 11.5 Å². The normalized spacial score (nSPS) is 11.4. The molecule has 4 aromatic rings. The largest absolute Gasteiger partial charge is 0.507 e. The Balaban J connectivity index is 1.31. The Labute approximate surface area is 197 Å². The maximum Gasteiger partial charge on any atom is 0.163 e. The number of rotatable bonds is 9.